The number of carbonyl (C=O) groups is 1. The van der Waals surface area contributed by atoms with Crippen LogP contribution in [0.1, 0.15) is 136 Å². The summed E-state index contributed by atoms with van der Waals surface area (Å²) in [6.07, 6.45) is 29.0. The molecule has 0 aromatic heterocycles. The van der Waals surface area contributed by atoms with Crippen LogP contribution in [0.2, 0.25) is 0 Å². The summed E-state index contributed by atoms with van der Waals surface area (Å²) in [5, 5.41) is 0. The Hall–Kier alpha value is -0.790. The maximum absolute atomic E-state index is 12.1. The highest BCUT2D eigenvalue weighted by Gasteiger charge is 2.28. The summed E-state index contributed by atoms with van der Waals surface area (Å²) >= 11 is 0. The van der Waals surface area contributed by atoms with Crippen molar-refractivity contribution in [2.45, 2.75) is 136 Å². The number of nitrogens with zero attached hydrogens (tertiary/aromatic N) is 2. The molecule has 0 N–H and O–H groups in total. The highest BCUT2D eigenvalue weighted by atomic mass is 79.9. The Morgan fingerprint density at radius 3 is 1.12 bits per heavy atom. The Morgan fingerprint density at radius 1 is 0.418 bits per heavy atom. The van der Waals surface area contributed by atoms with Gasteiger partial charge in [-0.1, -0.05) is 96.6 Å². The van der Waals surface area contributed by atoms with Crippen LogP contribution < -0.4 is 17.0 Å². The van der Waals surface area contributed by atoms with Gasteiger partial charge in [-0.15, -0.1) is 0 Å². The molecule has 0 bridgehead atoms. The Labute approximate surface area is 420 Å². The summed E-state index contributed by atoms with van der Waals surface area (Å²) in [6, 6.07) is 0. The van der Waals surface area contributed by atoms with E-state index in [1.54, 1.807) is 0 Å². The first-order valence-electron chi connectivity index (χ1n) is 26.7. The zero-order valence-electron chi connectivity index (χ0n) is 43.4. The number of quaternary nitrogens is 1. The van der Waals surface area contributed by atoms with Crippen LogP contribution in [-0.4, -0.2) is 200 Å². The van der Waals surface area contributed by atoms with Gasteiger partial charge in [0.1, 0.15) is 6.61 Å². The minimum atomic E-state index is -0.157. The molecule has 0 unspecified atom stereocenters. The number of unbranched alkanes of at least 4 members (excludes halogenated alkanes) is 15. The number of hydrogen-bond acceptors (Lipinski definition) is 13. The SMILES string of the molecule is CCCCCCCC/C=C\CCCCCCCCOCCOCCOCCOCCOCCOCCOCCOCCOCCOCCOC(=O)CCN1CC[N+](C)(CCCCCC)CC1.[Br-]. The summed E-state index contributed by atoms with van der Waals surface area (Å²) in [6.45, 7) is 21.8. The second-order valence-corrected chi connectivity index (χ2v) is 17.7. The van der Waals surface area contributed by atoms with Gasteiger partial charge in [0.15, 0.2) is 0 Å². The quantitative estimate of drug-likeness (QED) is 0.0332. The smallest absolute Gasteiger partial charge is 0.307 e. The van der Waals surface area contributed by atoms with Crippen molar-refractivity contribution < 1.29 is 78.4 Å². The largest absolute Gasteiger partial charge is 1.00 e. The molecule has 0 aromatic rings. The van der Waals surface area contributed by atoms with Crippen molar-refractivity contribution in [3.63, 3.8) is 0 Å². The van der Waals surface area contributed by atoms with Gasteiger partial charge in [0.25, 0.3) is 0 Å². The number of ether oxygens (including phenoxy) is 11. The molecule has 14 nitrogen and oxygen atoms in total. The monoisotopic (exact) mass is 1030 g/mol. The normalized spacial score (nSPS) is 14.0. The van der Waals surface area contributed by atoms with Gasteiger partial charge in [0.05, 0.1) is 159 Å². The van der Waals surface area contributed by atoms with Crippen LogP contribution in [0, 0.1) is 0 Å². The molecule has 0 spiro atoms. The fourth-order valence-corrected chi connectivity index (χ4v) is 7.43. The average Bonchev–Trinajstić information content (AvgIpc) is 3.32. The van der Waals surface area contributed by atoms with Crippen LogP contribution in [0.4, 0.5) is 0 Å². The first-order chi connectivity index (χ1) is 32.6. The predicted molar refractivity (Wildman–Crippen MR) is 265 cm³/mol. The molecule has 0 atom stereocenters. The maximum atomic E-state index is 12.1. The van der Waals surface area contributed by atoms with Crippen LogP contribution in [0.3, 0.4) is 0 Å². The molecule has 1 aliphatic rings. The van der Waals surface area contributed by atoms with E-state index < -0.39 is 0 Å². The number of rotatable bonds is 54. The second kappa shape index (κ2) is 54.5. The number of halogens is 1. The standard InChI is InChI=1S/C52H103N2O12.BrH/c1-4-6-8-10-11-12-13-14-15-16-17-18-19-20-21-23-31-56-32-33-57-34-35-58-36-37-59-38-39-60-40-41-61-42-43-62-44-45-63-46-47-64-48-49-65-50-51-66-52(55)24-25-53-26-29-54(3,30-27-53)28-22-9-7-5-2;/h14-15H,4-13,16-51H2,1-3H3;1H/q+1;/p-1/b15-14-;. The van der Waals surface area contributed by atoms with Gasteiger partial charge in [-0.25, -0.2) is 0 Å². The molecule has 0 aromatic carbocycles. The van der Waals surface area contributed by atoms with E-state index in [0.717, 1.165) is 50.2 Å². The molecule has 67 heavy (non-hydrogen) atoms. The molecule has 1 rings (SSSR count). The van der Waals surface area contributed by atoms with Crippen LogP contribution in [-0.2, 0) is 56.9 Å². The number of allylic oxidation sites excluding steroid dienone is 2. The van der Waals surface area contributed by atoms with E-state index in [4.69, 9.17) is 52.1 Å². The summed E-state index contributed by atoms with van der Waals surface area (Å²) in [7, 11) is 2.38. The summed E-state index contributed by atoms with van der Waals surface area (Å²) in [5.74, 6) is -0.157. The summed E-state index contributed by atoms with van der Waals surface area (Å²) in [4.78, 5) is 14.5. The first-order valence-corrected chi connectivity index (χ1v) is 26.7. The summed E-state index contributed by atoms with van der Waals surface area (Å²) < 4.78 is 62.1. The van der Waals surface area contributed by atoms with E-state index in [1.807, 2.05) is 0 Å². The van der Waals surface area contributed by atoms with E-state index >= 15 is 0 Å². The minimum absolute atomic E-state index is 0. The third-order valence-electron chi connectivity index (χ3n) is 11.7. The molecular weight excluding hydrogens is 924 g/mol. The van der Waals surface area contributed by atoms with Crippen molar-refractivity contribution in [1.82, 2.24) is 4.90 Å². The number of esters is 1. The Bertz CT molecular complexity index is 1010. The van der Waals surface area contributed by atoms with Crippen LogP contribution in [0.15, 0.2) is 12.2 Å². The van der Waals surface area contributed by atoms with Gasteiger partial charge in [-0.3, -0.25) is 9.69 Å². The lowest BCUT2D eigenvalue weighted by Gasteiger charge is -2.42. The van der Waals surface area contributed by atoms with E-state index in [-0.39, 0.29) is 29.6 Å². The lowest BCUT2D eigenvalue weighted by atomic mass is 10.1. The van der Waals surface area contributed by atoms with Gasteiger partial charge in [-0.2, -0.15) is 0 Å². The van der Waals surface area contributed by atoms with Crippen molar-refractivity contribution in [2.24, 2.45) is 0 Å². The third kappa shape index (κ3) is 50.0. The van der Waals surface area contributed by atoms with Crippen LogP contribution >= 0.6 is 0 Å². The Kier molecular flexibility index (Phi) is 53.9. The van der Waals surface area contributed by atoms with Gasteiger partial charge in [-0.05, 0) is 44.9 Å². The fourth-order valence-electron chi connectivity index (χ4n) is 7.43. The third-order valence-corrected chi connectivity index (χ3v) is 11.7. The number of likely N-dealkylation sites (N-methyl/N-ethyl adjacent to an activating group) is 1. The van der Waals surface area contributed by atoms with Gasteiger partial charge >= 0.3 is 5.97 Å². The lowest BCUT2D eigenvalue weighted by molar-refractivity contribution is -0.913. The second-order valence-electron chi connectivity index (χ2n) is 17.7. The van der Waals surface area contributed by atoms with Crippen LogP contribution in [0.25, 0.3) is 0 Å². The zero-order chi connectivity index (χ0) is 47.4. The van der Waals surface area contributed by atoms with Gasteiger partial charge < -0.3 is 73.6 Å². The van der Waals surface area contributed by atoms with Crippen molar-refractivity contribution in [1.29, 1.82) is 0 Å². The van der Waals surface area contributed by atoms with Crippen molar-refractivity contribution in [3.05, 3.63) is 12.2 Å². The van der Waals surface area contributed by atoms with Gasteiger partial charge in [0, 0.05) is 26.2 Å². The average molecular weight is 1030 g/mol. The number of carbonyl (C=O) groups excluding carboxylic acids is 1. The molecule has 0 aliphatic carbocycles. The molecule has 1 aliphatic heterocycles. The molecule has 1 saturated heterocycles. The van der Waals surface area contributed by atoms with E-state index in [0.29, 0.717) is 132 Å². The minimum Gasteiger partial charge on any atom is -1.00 e. The number of piperazine rings is 1. The fraction of sp³-hybridized carbons (Fsp3) is 0.942. The Morgan fingerprint density at radius 2 is 0.731 bits per heavy atom. The van der Waals surface area contributed by atoms with Crippen LogP contribution in [0.5, 0.6) is 0 Å². The van der Waals surface area contributed by atoms with Crippen molar-refractivity contribution >= 4 is 5.97 Å². The molecular formula is C52H103BrN2O12. The predicted octanol–water partition coefficient (Wildman–Crippen LogP) is 5.47. The van der Waals surface area contributed by atoms with Crippen molar-refractivity contribution in [3.8, 4) is 0 Å². The topological polar surface area (TPSA) is 122 Å². The highest BCUT2D eigenvalue weighted by Crippen LogP contribution is 2.14. The molecule has 400 valence electrons. The molecule has 0 amide bonds. The van der Waals surface area contributed by atoms with E-state index in [2.05, 4.69) is 37.9 Å². The number of hydrogen-bond donors (Lipinski definition) is 0. The van der Waals surface area contributed by atoms with Gasteiger partial charge in [0.2, 0.25) is 0 Å². The Balaban J connectivity index is 0.0000436. The molecule has 15 heteroatoms. The maximum Gasteiger partial charge on any atom is 0.307 e. The van der Waals surface area contributed by atoms with Crippen molar-refractivity contribution in [2.75, 3.05) is 185 Å². The summed E-state index contributed by atoms with van der Waals surface area (Å²) in [5.41, 5.74) is 0. The highest BCUT2D eigenvalue weighted by molar-refractivity contribution is 5.69. The lowest BCUT2D eigenvalue weighted by Crippen LogP contribution is -3.00. The molecule has 0 radical (unpaired) electrons. The van der Waals surface area contributed by atoms with E-state index in [9.17, 15) is 4.79 Å². The molecule has 1 fully saturated rings. The zero-order valence-corrected chi connectivity index (χ0v) is 44.9. The van der Waals surface area contributed by atoms with E-state index in [1.165, 1.54) is 116 Å². The molecule has 0 saturated carbocycles. The molecule has 1 heterocycles. The first kappa shape index (κ1) is 66.2.